The largest absolute Gasteiger partial charge is 0.478 e. The Labute approximate surface area is 383 Å². The quantitative estimate of drug-likeness (QED) is 0.0442. The molecule has 17 heteroatoms. The molecule has 4 N–H and O–H groups in total. The maximum atomic E-state index is 12.1. The number of aliphatic hydroxyl groups excluding tert-OH is 3. The zero-order valence-electron chi connectivity index (χ0n) is 37.7. The zero-order chi connectivity index (χ0) is 47.9. The van der Waals surface area contributed by atoms with Crippen LogP contribution in [0.3, 0.4) is 0 Å². The van der Waals surface area contributed by atoms with Crippen LogP contribution < -0.4 is 0 Å². The molecule has 0 aliphatic carbocycles. The van der Waals surface area contributed by atoms with Crippen LogP contribution in [-0.4, -0.2) is 191 Å². The minimum absolute atomic E-state index is 0.0126. The summed E-state index contributed by atoms with van der Waals surface area (Å²) in [6.07, 6.45) is 10.7. The van der Waals surface area contributed by atoms with Gasteiger partial charge in [0.1, 0.15) is 6.61 Å². The van der Waals surface area contributed by atoms with Crippen LogP contribution in [0.1, 0.15) is 56.8 Å². The molecule has 2 rings (SSSR count). The van der Waals surface area contributed by atoms with Crippen LogP contribution in [0.5, 0.6) is 0 Å². The Morgan fingerprint density at radius 3 is 0.938 bits per heavy atom. The Bertz CT molecular complexity index is 1640. The summed E-state index contributed by atoms with van der Waals surface area (Å²) in [7, 11) is 0. The number of carboxylic acid groups (broad SMARTS) is 1. The predicted molar refractivity (Wildman–Crippen MR) is 241 cm³/mol. The number of aliphatic hydroxyl groups is 3. The molecular formula is C48H66O17. The summed E-state index contributed by atoms with van der Waals surface area (Å²) in [5, 5.41) is 34.3. The van der Waals surface area contributed by atoms with Crippen molar-refractivity contribution in [3.8, 4) is 48.4 Å². The van der Waals surface area contributed by atoms with Gasteiger partial charge in [-0.2, -0.15) is 0 Å². The molecule has 0 aromatic heterocycles. The molecule has 17 nitrogen and oxygen atoms in total. The molecule has 0 fully saturated rings. The van der Waals surface area contributed by atoms with E-state index >= 15 is 0 Å². The van der Waals surface area contributed by atoms with E-state index in [1.165, 1.54) is 0 Å². The van der Waals surface area contributed by atoms with Crippen molar-refractivity contribution in [2.24, 2.45) is 0 Å². The molecule has 0 saturated carbocycles. The number of carbonyl (C=O) groups excluding carboxylic acids is 1. The van der Waals surface area contributed by atoms with Crippen LogP contribution in [0.2, 0.25) is 0 Å². The summed E-state index contributed by atoms with van der Waals surface area (Å²) in [5.41, 5.74) is 2.93. The average Bonchev–Trinajstić information content (AvgIpc) is 3.31. The van der Waals surface area contributed by atoms with E-state index in [0.29, 0.717) is 153 Å². The fourth-order valence-electron chi connectivity index (χ4n) is 4.53. The van der Waals surface area contributed by atoms with Gasteiger partial charge < -0.3 is 72.5 Å². The van der Waals surface area contributed by atoms with Crippen molar-refractivity contribution in [3.05, 3.63) is 69.8 Å². The van der Waals surface area contributed by atoms with Crippen molar-refractivity contribution in [1.29, 1.82) is 0 Å². The van der Waals surface area contributed by atoms with Crippen molar-refractivity contribution in [1.82, 2.24) is 0 Å². The third-order valence-electron chi connectivity index (χ3n) is 7.36. The van der Waals surface area contributed by atoms with Crippen molar-refractivity contribution < 1.29 is 82.1 Å². The van der Waals surface area contributed by atoms with Crippen LogP contribution in [0.25, 0.3) is 0 Å². The highest BCUT2D eigenvalue weighted by atomic mass is 16.6. The van der Waals surface area contributed by atoms with E-state index in [4.69, 9.17) is 85.4 Å². The van der Waals surface area contributed by atoms with Crippen LogP contribution in [0, 0.1) is 48.4 Å². The Balaban J connectivity index is 0.00000103. The molecule has 0 saturated heterocycles. The Morgan fingerprint density at radius 2 is 0.677 bits per heavy atom. The maximum Gasteiger partial charge on any atom is 0.338 e. The molecule has 65 heavy (non-hydrogen) atoms. The van der Waals surface area contributed by atoms with Crippen molar-refractivity contribution in [3.63, 3.8) is 0 Å². The second-order valence-electron chi connectivity index (χ2n) is 12.4. The molecule has 0 amide bonds. The topological polar surface area (TPSA) is 217 Å². The Hall–Kier alpha value is -4.90. The van der Waals surface area contributed by atoms with E-state index in [2.05, 4.69) is 35.5 Å². The van der Waals surface area contributed by atoms with Crippen LogP contribution in [-0.2, 0) is 52.1 Å². The predicted octanol–water partition coefficient (Wildman–Crippen LogP) is 2.06. The van der Waals surface area contributed by atoms with Crippen LogP contribution >= 0.6 is 0 Å². The summed E-state index contributed by atoms with van der Waals surface area (Å²) < 4.78 is 57.4. The molecule has 0 heterocycles. The monoisotopic (exact) mass is 914 g/mol. The lowest BCUT2D eigenvalue weighted by Gasteiger charge is -2.08. The first-order chi connectivity index (χ1) is 31.8. The zero-order valence-corrected chi connectivity index (χ0v) is 37.7. The highest BCUT2D eigenvalue weighted by Gasteiger charge is 2.09. The SMILES string of the molecule is C#Cc1cc(C#C)cc(C(=O)OCCOCCOCCOCCOCCOCCO)c1.CC#Cc1cc(C#CC)cc(C(=O)O)c1.OCCOCCOCCOCCOCCOCCO. The van der Waals surface area contributed by atoms with Gasteiger partial charge in [-0.25, -0.2) is 9.59 Å². The highest BCUT2D eigenvalue weighted by Crippen LogP contribution is 2.11. The number of hydrogen-bond donors (Lipinski definition) is 4. The fraction of sp³-hybridized carbons (Fsp3) is 0.542. The number of ether oxygens (including phenoxy) is 11. The number of benzene rings is 2. The van der Waals surface area contributed by atoms with E-state index in [1.807, 2.05) is 0 Å². The van der Waals surface area contributed by atoms with Crippen molar-refractivity contribution in [2.45, 2.75) is 13.8 Å². The van der Waals surface area contributed by atoms with Crippen molar-refractivity contribution in [2.75, 3.05) is 159 Å². The molecule has 0 atom stereocenters. The molecule has 2 aromatic carbocycles. The molecule has 2 aromatic rings. The molecule has 0 aliphatic heterocycles. The summed E-state index contributed by atoms with van der Waals surface area (Å²) in [5.74, 6) is 14.5. The van der Waals surface area contributed by atoms with E-state index in [0.717, 1.165) is 0 Å². The summed E-state index contributed by atoms with van der Waals surface area (Å²) in [6, 6.07) is 9.62. The van der Waals surface area contributed by atoms with Gasteiger partial charge in [0.25, 0.3) is 0 Å². The molecular weight excluding hydrogens is 849 g/mol. The summed E-state index contributed by atoms with van der Waals surface area (Å²) in [4.78, 5) is 22.9. The van der Waals surface area contributed by atoms with Gasteiger partial charge in [-0.3, -0.25) is 0 Å². The van der Waals surface area contributed by atoms with Gasteiger partial charge >= 0.3 is 11.9 Å². The third-order valence-corrected chi connectivity index (χ3v) is 7.36. The van der Waals surface area contributed by atoms with Gasteiger partial charge in [-0.15, -0.1) is 24.7 Å². The number of aromatic carboxylic acids is 1. The van der Waals surface area contributed by atoms with Gasteiger partial charge in [0, 0.05) is 22.3 Å². The maximum absolute atomic E-state index is 12.1. The summed E-state index contributed by atoms with van der Waals surface area (Å²) in [6.45, 7) is 12.5. The Morgan fingerprint density at radius 1 is 0.415 bits per heavy atom. The number of terminal acetylenes is 2. The van der Waals surface area contributed by atoms with E-state index in [1.54, 1.807) is 50.2 Å². The molecule has 360 valence electrons. The van der Waals surface area contributed by atoms with Gasteiger partial charge in [-0.1, -0.05) is 23.7 Å². The molecule has 0 unspecified atom stereocenters. The van der Waals surface area contributed by atoms with Crippen molar-refractivity contribution >= 4 is 11.9 Å². The lowest BCUT2D eigenvalue weighted by molar-refractivity contribution is -0.0167. The number of hydrogen-bond acceptors (Lipinski definition) is 16. The minimum atomic E-state index is -0.964. The normalized spacial score (nSPS) is 10.1. The first kappa shape index (κ1) is 60.1. The number of carboxylic acids is 1. The molecule has 0 radical (unpaired) electrons. The van der Waals surface area contributed by atoms with E-state index < -0.39 is 11.9 Å². The highest BCUT2D eigenvalue weighted by molar-refractivity contribution is 5.90. The fourth-order valence-corrected chi connectivity index (χ4v) is 4.53. The average molecular weight is 915 g/mol. The first-order valence-corrected chi connectivity index (χ1v) is 20.9. The second-order valence-corrected chi connectivity index (χ2v) is 12.4. The van der Waals surface area contributed by atoms with Gasteiger partial charge in [-0.05, 0) is 50.2 Å². The van der Waals surface area contributed by atoms with E-state index in [9.17, 15) is 9.59 Å². The van der Waals surface area contributed by atoms with Gasteiger partial charge in [0.2, 0.25) is 0 Å². The lowest BCUT2D eigenvalue weighted by Crippen LogP contribution is -2.15. The minimum Gasteiger partial charge on any atom is -0.478 e. The smallest absolute Gasteiger partial charge is 0.338 e. The first-order valence-electron chi connectivity index (χ1n) is 20.9. The van der Waals surface area contributed by atoms with Crippen LogP contribution in [0.4, 0.5) is 0 Å². The molecule has 0 spiro atoms. The number of rotatable bonds is 35. The summed E-state index contributed by atoms with van der Waals surface area (Å²) >= 11 is 0. The van der Waals surface area contributed by atoms with Crippen LogP contribution in [0.15, 0.2) is 36.4 Å². The standard InChI is InChI=1S/C23H30O8.C13H10O2.C12H26O7/c1-3-20-17-21(4-2)19-22(18-20)23(25)31-16-15-30-14-13-29-12-11-28-10-9-27-8-7-26-6-5-24;1-3-5-10-7-11(6-4-2)9-12(8-10)13(14)15;13-1-3-15-5-7-17-9-11-19-12-10-18-8-6-16-4-2-14/h1-2,17-19,24H,5-16H2;7-9H,1-2H3,(H,14,15);13-14H,1-12H2. The molecule has 0 aliphatic rings. The van der Waals surface area contributed by atoms with Gasteiger partial charge in [0.15, 0.2) is 0 Å². The van der Waals surface area contributed by atoms with E-state index in [-0.39, 0.29) is 38.6 Å². The van der Waals surface area contributed by atoms with Gasteiger partial charge in [0.05, 0.1) is 163 Å². The molecule has 0 bridgehead atoms. The second kappa shape index (κ2) is 45.7. The lowest BCUT2D eigenvalue weighted by atomic mass is 10.1. The number of esters is 1. The Kier molecular flexibility index (Phi) is 42.2. The third kappa shape index (κ3) is 37.1. The number of carbonyl (C=O) groups is 2.